The average molecular weight is 1050 g/mol. The van der Waals surface area contributed by atoms with E-state index >= 15 is 0 Å². The zero-order valence-corrected chi connectivity index (χ0v) is 41.9. The molecule has 0 radical (unpaired) electrons. The first-order chi connectivity index (χ1) is 36.5. The number of aromatic amines is 3. The maximum Gasteiger partial charge on any atom is 0.326 e. The number of carbonyl (C=O) groups is 6. The first-order valence-electron chi connectivity index (χ1n) is 24.8. The fourth-order valence-electron chi connectivity index (χ4n) is 8.76. The Balaban J connectivity index is 1.28. The van der Waals surface area contributed by atoms with Crippen molar-refractivity contribution in [3.63, 3.8) is 0 Å². The molecule has 0 aliphatic heterocycles. The maximum atomic E-state index is 14.9. The highest BCUT2D eigenvalue weighted by Gasteiger charge is 2.34. The van der Waals surface area contributed by atoms with Gasteiger partial charge in [0.25, 0.3) is 0 Å². The van der Waals surface area contributed by atoms with Gasteiger partial charge in [-0.25, -0.2) is 4.79 Å². The number of nitrogens with zero attached hydrogens (tertiary/aromatic N) is 3. The molecule has 6 unspecified atom stereocenters. The van der Waals surface area contributed by atoms with Crippen LogP contribution in [0.25, 0.3) is 32.7 Å². The Bertz CT molecular complexity index is 3060. The van der Waals surface area contributed by atoms with Crippen LogP contribution in [0.1, 0.15) is 55.2 Å². The topological polar surface area (TPSA) is 449 Å². The number of H-pyrrole nitrogens is 3. The number of fused-ring (bicyclic) bond motifs is 3. The van der Waals surface area contributed by atoms with Crippen molar-refractivity contribution in [2.75, 3.05) is 19.6 Å². The van der Waals surface area contributed by atoms with Crippen LogP contribution in [0.5, 0.6) is 0 Å². The van der Waals surface area contributed by atoms with Crippen molar-refractivity contribution in [3.8, 4) is 0 Å². The Kier molecular flexibility index (Phi) is 20.1. The molecule has 25 heteroatoms. The molecule has 0 aliphatic rings. The smallest absolute Gasteiger partial charge is 0.326 e. The van der Waals surface area contributed by atoms with Gasteiger partial charge in [-0.1, -0.05) is 54.6 Å². The summed E-state index contributed by atoms with van der Waals surface area (Å²) in [6.45, 7) is 0.283. The molecule has 23 N–H and O–H groups in total. The fraction of sp³-hybridized carbons (Fsp3) is 0.353. The van der Waals surface area contributed by atoms with E-state index in [1.807, 2.05) is 72.8 Å². The molecular weight excluding hydrogens is 977 g/mol. The highest BCUT2D eigenvalue weighted by Crippen LogP contribution is 2.22. The van der Waals surface area contributed by atoms with Gasteiger partial charge in [0.2, 0.25) is 29.5 Å². The van der Waals surface area contributed by atoms with Crippen molar-refractivity contribution in [1.29, 1.82) is 0 Å². The molecule has 3 aromatic carbocycles. The third-order valence-corrected chi connectivity index (χ3v) is 12.6. The number of benzene rings is 3. The van der Waals surface area contributed by atoms with Gasteiger partial charge in [0, 0.05) is 83.8 Å². The van der Waals surface area contributed by atoms with E-state index < -0.39 is 71.8 Å². The van der Waals surface area contributed by atoms with Gasteiger partial charge in [-0.05, 0) is 79.8 Å². The summed E-state index contributed by atoms with van der Waals surface area (Å²) in [5.41, 5.74) is 44.1. The van der Waals surface area contributed by atoms with Gasteiger partial charge in [0.15, 0.2) is 17.9 Å². The molecule has 0 aliphatic carbocycles. The molecule has 0 saturated heterocycles. The van der Waals surface area contributed by atoms with E-state index in [1.54, 1.807) is 18.6 Å². The molecule has 3 heterocycles. The van der Waals surface area contributed by atoms with E-state index in [2.05, 4.69) is 56.5 Å². The van der Waals surface area contributed by atoms with Crippen LogP contribution in [0, 0.1) is 0 Å². The van der Waals surface area contributed by atoms with E-state index in [0.29, 0.717) is 11.1 Å². The van der Waals surface area contributed by atoms with Crippen molar-refractivity contribution in [2.24, 2.45) is 55.1 Å². The molecule has 5 amide bonds. The number of carboxylic acid groups (broad SMARTS) is 1. The van der Waals surface area contributed by atoms with Crippen molar-refractivity contribution < 1.29 is 33.9 Å². The summed E-state index contributed by atoms with van der Waals surface area (Å²) in [5.74, 6) is -5.68. The number of amides is 5. The Hall–Kier alpha value is -9.13. The lowest BCUT2D eigenvalue weighted by Gasteiger charge is -2.27. The molecule has 6 aromatic rings. The lowest BCUT2D eigenvalue weighted by atomic mass is 10.0. The first kappa shape index (κ1) is 56.2. The van der Waals surface area contributed by atoms with Crippen LogP contribution in [0.2, 0.25) is 0 Å². The molecule has 404 valence electrons. The van der Waals surface area contributed by atoms with Crippen molar-refractivity contribution in [2.45, 2.75) is 94.0 Å². The second-order valence-electron chi connectivity index (χ2n) is 18.3. The van der Waals surface area contributed by atoms with Crippen molar-refractivity contribution >= 4 is 86.1 Å². The average Bonchev–Trinajstić information content (AvgIpc) is 4.13. The number of carboxylic acids is 1. The normalized spacial score (nSPS) is 13.5. The number of para-hydroxylation sites is 3. The molecule has 6 rings (SSSR count). The monoisotopic (exact) mass is 1040 g/mol. The second kappa shape index (κ2) is 27.2. The van der Waals surface area contributed by atoms with Crippen LogP contribution in [-0.2, 0) is 48.0 Å². The van der Waals surface area contributed by atoms with Crippen LogP contribution >= 0.6 is 0 Å². The predicted octanol–water partition coefficient (Wildman–Crippen LogP) is -0.845. The minimum atomic E-state index is -1.39. The number of aromatic nitrogens is 3. The Morgan fingerprint density at radius 3 is 1.11 bits per heavy atom. The summed E-state index contributed by atoms with van der Waals surface area (Å²) >= 11 is 0. The molecule has 0 fully saturated rings. The summed E-state index contributed by atoms with van der Waals surface area (Å²) in [7, 11) is 0. The van der Waals surface area contributed by atoms with Gasteiger partial charge in [-0.2, -0.15) is 0 Å². The number of aliphatic imine (C=N–C) groups is 3. The van der Waals surface area contributed by atoms with Crippen LogP contribution in [0.15, 0.2) is 106 Å². The maximum absolute atomic E-state index is 14.9. The Morgan fingerprint density at radius 1 is 0.434 bits per heavy atom. The number of nitrogens with one attached hydrogen (secondary N) is 8. The van der Waals surface area contributed by atoms with Gasteiger partial charge in [0.05, 0.1) is 6.04 Å². The Labute approximate surface area is 437 Å². The van der Waals surface area contributed by atoms with Gasteiger partial charge in [-0.15, -0.1) is 0 Å². The fourth-order valence-corrected chi connectivity index (χ4v) is 8.76. The number of rotatable bonds is 29. The van der Waals surface area contributed by atoms with E-state index in [0.717, 1.165) is 38.3 Å². The lowest BCUT2D eigenvalue weighted by Crippen LogP contribution is -2.60. The quantitative estimate of drug-likeness (QED) is 0.0155. The molecule has 25 nitrogen and oxygen atoms in total. The standard InChI is InChI=1S/C51H68N18O7/c52-34(22-28-25-62-35-13-4-1-10-31(28)35)43(70)65-38(16-7-19-59-49(53)54)44(71)68-41(23-29-26-63-36-14-5-2-11-32(29)36)46(73)66-39(17-8-20-60-50(55)56)45(72)69-42(24-30-27-64-37-15-6-3-12-33(30)37)47(74)67-40(48(75)76)18-9-21-61-51(57)58/h1-6,10-15,25-27,34,38-42,62-64H,7-9,16-24,52H2,(H,65,70)(H,66,73)(H,67,74)(H,68,71)(H,69,72)(H,75,76)(H4,53,54,59)(H4,55,56,60)(H4,57,58,61). The van der Waals surface area contributed by atoms with Crippen molar-refractivity contribution in [1.82, 2.24) is 41.5 Å². The summed E-state index contributed by atoms with van der Waals surface area (Å²) in [4.78, 5) is 106. The zero-order chi connectivity index (χ0) is 54.7. The predicted molar refractivity (Wildman–Crippen MR) is 291 cm³/mol. The molecule has 6 atom stereocenters. The second-order valence-corrected chi connectivity index (χ2v) is 18.3. The summed E-state index contributed by atoms with van der Waals surface area (Å²) < 4.78 is 0. The highest BCUT2D eigenvalue weighted by atomic mass is 16.4. The van der Waals surface area contributed by atoms with Gasteiger partial charge in [-0.3, -0.25) is 38.9 Å². The van der Waals surface area contributed by atoms with Crippen molar-refractivity contribution in [3.05, 3.63) is 108 Å². The number of carbonyl (C=O) groups excluding carboxylic acids is 5. The first-order valence-corrected chi connectivity index (χ1v) is 24.8. The van der Waals surface area contributed by atoms with Crippen LogP contribution in [0.4, 0.5) is 0 Å². The minimum Gasteiger partial charge on any atom is -0.480 e. The molecule has 3 aromatic heterocycles. The number of nitrogens with two attached hydrogens (primary N) is 7. The third kappa shape index (κ3) is 16.2. The molecular formula is C51H68N18O7. The molecule has 76 heavy (non-hydrogen) atoms. The van der Waals surface area contributed by atoms with E-state index in [9.17, 15) is 33.9 Å². The van der Waals surface area contributed by atoms with Crippen LogP contribution in [0.3, 0.4) is 0 Å². The lowest BCUT2D eigenvalue weighted by molar-refractivity contribution is -0.142. The van der Waals surface area contributed by atoms with E-state index in [1.165, 1.54) is 0 Å². The minimum absolute atomic E-state index is 0.0320. The largest absolute Gasteiger partial charge is 0.480 e. The summed E-state index contributed by atoms with van der Waals surface area (Å²) in [6.07, 6.45) is 5.63. The van der Waals surface area contributed by atoms with Gasteiger partial charge in [0.1, 0.15) is 30.2 Å². The molecule has 0 saturated carbocycles. The SMILES string of the molecule is NC(N)=NCCCC(NC(=O)C(Cc1c[nH]c2ccccc12)NC(=O)C(CCCN=C(N)N)NC(=O)C(Cc1c[nH]c2ccccc12)NC(=O)C(CCCN=C(N)N)NC(=O)C(N)Cc1c[nH]c2ccccc12)C(=O)O. The van der Waals surface area contributed by atoms with Crippen LogP contribution in [-0.4, -0.2) is 129 Å². The number of hydrogen-bond donors (Lipinski definition) is 16. The highest BCUT2D eigenvalue weighted by molar-refractivity contribution is 5.98. The zero-order valence-electron chi connectivity index (χ0n) is 41.9. The van der Waals surface area contributed by atoms with Gasteiger partial charge < -0.3 is 86.8 Å². The summed E-state index contributed by atoms with van der Waals surface area (Å²) in [5, 5.41) is 26.2. The molecule has 0 bridgehead atoms. The van der Waals surface area contributed by atoms with Crippen LogP contribution < -0.4 is 66.7 Å². The number of aliphatic carboxylic acids is 1. The third-order valence-electron chi connectivity index (χ3n) is 12.6. The molecule has 0 spiro atoms. The van der Waals surface area contributed by atoms with E-state index in [4.69, 9.17) is 40.1 Å². The Morgan fingerprint density at radius 2 is 0.737 bits per heavy atom. The van der Waals surface area contributed by atoms with Gasteiger partial charge >= 0.3 is 5.97 Å². The summed E-state index contributed by atoms with van der Waals surface area (Å²) in [6, 6.07) is 14.4. The number of guanidine groups is 3. The van der Waals surface area contributed by atoms with E-state index in [-0.39, 0.29) is 95.3 Å². The number of hydrogen-bond acceptors (Lipinski definition) is 10.